The normalized spacial score (nSPS) is 14.4. The minimum atomic E-state index is -0.501. The molecule has 0 saturated carbocycles. The van der Waals surface area contributed by atoms with Gasteiger partial charge in [-0.2, -0.15) is 10.2 Å². The summed E-state index contributed by atoms with van der Waals surface area (Å²) in [4.78, 5) is 24.4. The fraction of sp³-hybridized carbons (Fsp3) is 0.333. The maximum atomic E-state index is 12.5. The van der Waals surface area contributed by atoms with E-state index in [1.165, 1.54) is 7.11 Å². The minimum Gasteiger partial charge on any atom is -0.469 e. The Morgan fingerprint density at radius 3 is 2.33 bits per heavy atom. The lowest BCUT2D eigenvalue weighted by Crippen LogP contribution is -2.31. The van der Waals surface area contributed by atoms with E-state index in [9.17, 15) is 9.59 Å². The molecule has 2 aromatic rings. The van der Waals surface area contributed by atoms with Gasteiger partial charge in [0, 0.05) is 25.7 Å². The van der Waals surface area contributed by atoms with Crippen molar-refractivity contribution in [3.05, 3.63) is 60.2 Å². The number of terminal acetylenes is 1. The summed E-state index contributed by atoms with van der Waals surface area (Å²) in [6.07, 6.45) is 7.37. The van der Waals surface area contributed by atoms with Crippen LogP contribution < -0.4 is 5.32 Å². The molecule has 1 N–H and O–H groups in total. The van der Waals surface area contributed by atoms with E-state index >= 15 is 0 Å². The number of esters is 1. The highest BCUT2D eigenvalue weighted by molar-refractivity contribution is 5.78. The molecule has 1 amide bonds. The van der Waals surface area contributed by atoms with Crippen molar-refractivity contribution in [1.29, 1.82) is 0 Å². The number of hydrogen-bond donors (Lipinski definition) is 1. The third-order valence-electron chi connectivity index (χ3n) is 5.16. The Morgan fingerprint density at radius 1 is 1.07 bits per heavy atom. The molecule has 0 bridgehead atoms. The molecule has 0 spiro atoms. The molecular weight excluding hydrogens is 378 g/mol. The van der Waals surface area contributed by atoms with E-state index in [0.717, 1.165) is 16.7 Å². The van der Waals surface area contributed by atoms with E-state index in [-0.39, 0.29) is 24.7 Å². The van der Waals surface area contributed by atoms with E-state index in [0.29, 0.717) is 19.3 Å². The van der Waals surface area contributed by atoms with Gasteiger partial charge in [-0.15, -0.1) is 12.3 Å². The highest BCUT2D eigenvalue weighted by Gasteiger charge is 2.39. The Balaban J connectivity index is 1.65. The van der Waals surface area contributed by atoms with Gasteiger partial charge >= 0.3 is 5.97 Å². The van der Waals surface area contributed by atoms with Crippen LogP contribution in [0.5, 0.6) is 0 Å². The van der Waals surface area contributed by atoms with Crippen LogP contribution in [0.1, 0.15) is 43.7 Å². The van der Waals surface area contributed by atoms with Crippen LogP contribution in [0.4, 0.5) is 0 Å². The summed E-state index contributed by atoms with van der Waals surface area (Å²) in [6.45, 7) is 0. The van der Waals surface area contributed by atoms with Gasteiger partial charge in [-0.1, -0.05) is 54.6 Å². The van der Waals surface area contributed by atoms with Gasteiger partial charge in [0.2, 0.25) is 5.91 Å². The maximum absolute atomic E-state index is 12.5. The number of carbonyl (C=O) groups excluding carboxylic acids is 2. The van der Waals surface area contributed by atoms with Crippen molar-refractivity contribution in [3.8, 4) is 23.5 Å². The first-order valence-corrected chi connectivity index (χ1v) is 9.94. The van der Waals surface area contributed by atoms with Gasteiger partial charge in [-0.05, 0) is 16.7 Å². The summed E-state index contributed by atoms with van der Waals surface area (Å²) in [6, 6.07) is 17.4. The predicted molar refractivity (Wildman–Crippen MR) is 114 cm³/mol. The molecule has 0 aliphatic carbocycles. The zero-order valence-corrected chi connectivity index (χ0v) is 17.0. The topological polar surface area (TPSA) is 80.1 Å². The SMILES string of the molecule is C#CCCC1(CCC(=O)NC(CC(=O)OC)c2ccc(-c3ccccc3)cc2)N=N1. The standard InChI is InChI=1S/C24H25N3O3/c1-3-4-15-24(26-27-24)16-14-22(28)25-21(17-23(29)30-2)20-12-10-19(11-13-20)18-8-6-5-7-9-18/h1,5-13,21H,4,14-17H2,2H3,(H,25,28). The van der Waals surface area contributed by atoms with Crippen LogP contribution in [-0.2, 0) is 14.3 Å². The average molecular weight is 403 g/mol. The lowest BCUT2D eigenvalue weighted by atomic mass is 9.98. The van der Waals surface area contributed by atoms with Crippen molar-refractivity contribution in [2.75, 3.05) is 7.11 Å². The van der Waals surface area contributed by atoms with Crippen LogP contribution in [0.3, 0.4) is 0 Å². The number of nitrogens with zero attached hydrogens (tertiary/aromatic N) is 2. The molecule has 0 saturated heterocycles. The second-order valence-corrected chi connectivity index (χ2v) is 7.27. The van der Waals surface area contributed by atoms with E-state index in [4.69, 9.17) is 11.2 Å². The predicted octanol–water partition coefficient (Wildman–Crippen LogP) is 4.43. The molecule has 30 heavy (non-hydrogen) atoms. The number of ether oxygens (including phenoxy) is 1. The summed E-state index contributed by atoms with van der Waals surface area (Å²) in [7, 11) is 1.34. The average Bonchev–Trinajstić information content (AvgIpc) is 3.56. The van der Waals surface area contributed by atoms with Crippen molar-refractivity contribution in [2.45, 2.75) is 43.8 Å². The maximum Gasteiger partial charge on any atom is 0.307 e. The first-order chi connectivity index (χ1) is 14.5. The highest BCUT2D eigenvalue weighted by Crippen LogP contribution is 2.37. The molecule has 1 atom stereocenters. The van der Waals surface area contributed by atoms with E-state index in [1.54, 1.807) is 0 Å². The third-order valence-corrected chi connectivity index (χ3v) is 5.16. The Morgan fingerprint density at radius 2 is 1.73 bits per heavy atom. The summed E-state index contributed by atoms with van der Waals surface area (Å²) < 4.78 is 4.81. The Bertz CT molecular complexity index is 940. The molecule has 2 aromatic carbocycles. The van der Waals surface area contributed by atoms with E-state index in [1.807, 2.05) is 54.6 Å². The monoisotopic (exact) mass is 403 g/mol. The third kappa shape index (κ3) is 5.77. The van der Waals surface area contributed by atoms with Crippen LogP contribution in [0.15, 0.2) is 64.8 Å². The molecular formula is C24H25N3O3. The Kier molecular flexibility index (Phi) is 6.97. The number of hydrogen-bond acceptors (Lipinski definition) is 5. The van der Waals surface area contributed by atoms with E-state index < -0.39 is 11.7 Å². The molecule has 6 heteroatoms. The quantitative estimate of drug-likeness (QED) is 0.471. The Labute approximate surface area is 176 Å². The molecule has 3 rings (SSSR count). The zero-order chi connectivity index (χ0) is 21.4. The molecule has 1 heterocycles. The zero-order valence-electron chi connectivity index (χ0n) is 17.0. The highest BCUT2D eigenvalue weighted by atomic mass is 16.5. The van der Waals surface area contributed by atoms with Crippen molar-refractivity contribution in [2.24, 2.45) is 10.2 Å². The smallest absolute Gasteiger partial charge is 0.307 e. The largest absolute Gasteiger partial charge is 0.469 e. The Hall–Kier alpha value is -3.46. The van der Waals surface area contributed by atoms with Crippen LogP contribution in [0, 0.1) is 12.3 Å². The molecule has 1 aliphatic heterocycles. The second kappa shape index (κ2) is 9.84. The van der Waals surface area contributed by atoms with Gasteiger partial charge in [0.1, 0.15) is 0 Å². The van der Waals surface area contributed by atoms with Crippen LogP contribution >= 0.6 is 0 Å². The van der Waals surface area contributed by atoms with Crippen LogP contribution in [0.2, 0.25) is 0 Å². The van der Waals surface area contributed by atoms with Gasteiger partial charge in [-0.3, -0.25) is 9.59 Å². The van der Waals surface area contributed by atoms with Gasteiger partial charge in [-0.25, -0.2) is 0 Å². The number of amides is 1. The fourth-order valence-corrected chi connectivity index (χ4v) is 3.29. The first-order valence-electron chi connectivity index (χ1n) is 9.94. The summed E-state index contributed by atoms with van der Waals surface area (Å²) in [5.74, 6) is 2.03. The number of nitrogens with one attached hydrogen (secondary N) is 1. The van der Waals surface area contributed by atoms with Gasteiger partial charge in [0.15, 0.2) is 5.66 Å². The van der Waals surface area contributed by atoms with Crippen LogP contribution in [0.25, 0.3) is 11.1 Å². The lowest BCUT2D eigenvalue weighted by Gasteiger charge is -2.19. The van der Waals surface area contributed by atoms with Crippen LogP contribution in [-0.4, -0.2) is 24.6 Å². The molecule has 0 fully saturated rings. The summed E-state index contributed by atoms with van der Waals surface area (Å²) in [5, 5.41) is 11.1. The number of carbonyl (C=O) groups is 2. The van der Waals surface area contributed by atoms with Gasteiger partial charge < -0.3 is 10.1 Å². The fourth-order valence-electron chi connectivity index (χ4n) is 3.29. The minimum absolute atomic E-state index is 0.0594. The molecule has 0 radical (unpaired) electrons. The van der Waals surface area contributed by atoms with Crippen molar-refractivity contribution in [3.63, 3.8) is 0 Å². The number of rotatable bonds is 10. The molecule has 6 nitrogen and oxygen atoms in total. The summed E-state index contributed by atoms with van der Waals surface area (Å²) in [5.41, 5.74) is 2.51. The van der Waals surface area contributed by atoms with Crippen molar-refractivity contribution < 1.29 is 14.3 Å². The second-order valence-electron chi connectivity index (χ2n) is 7.27. The summed E-state index contributed by atoms with van der Waals surface area (Å²) >= 11 is 0. The van der Waals surface area contributed by atoms with Gasteiger partial charge in [0.05, 0.1) is 19.6 Å². The van der Waals surface area contributed by atoms with Gasteiger partial charge in [0.25, 0.3) is 0 Å². The molecule has 1 aliphatic rings. The first kappa shape index (κ1) is 21.3. The molecule has 0 aromatic heterocycles. The number of methoxy groups -OCH3 is 1. The molecule has 1 unspecified atom stereocenters. The lowest BCUT2D eigenvalue weighted by molar-refractivity contribution is -0.141. The molecule has 154 valence electrons. The van der Waals surface area contributed by atoms with Crippen molar-refractivity contribution in [1.82, 2.24) is 5.32 Å². The van der Waals surface area contributed by atoms with E-state index in [2.05, 4.69) is 21.5 Å². The van der Waals surface area contributed by atoms with Crippen molar-refractivity contribution >= 4 is 11.9 Å². The number of benzene rings is 2.